The van der Waals surface area contributed by atoms with Gasteiger partial charge in [-0.3, -0.25) is 14.9 Å². The van der Waals surface area contributed by atoms with Crippen LogP contribution in [-0.4, -0.2) is 22.3 Å². The fourth-order valence-corrected chi connectivity index (χ4v) is 2.43. The Morgan fingerprint density at radius 2 is 2.10 bits per heavy atom. The van der Waals surface area contributed by atoms with Gasteiger partial charge in [0.15, 0.2) is 11.9 Å². The molecule has 1 N–H and O–H groups in total. The van der Waals surface area contributed by atoms with Gasteiger partial charge in [0, 0.05) is 12.2 Å². The topological polar surface area (TPSA) is 88.6 Å². The highest BCUT2D eigenvalue weighted by atomic mass is 16.6. The van der Waals surface area contributed by atoms with Crippen LogP contribution in [0.5, 0.6) is 0 Å². The zero-order valence-electron chi connectivity index (χ0n) is 11.3. The van der Waals surface area contributed by atoms with Gasteiger partial charge in [0.1, 0.15) is 4.92 Å². The molecule has 1 aromatic carbocycles. The van der Waals surface area contributed by atoms with Crippen LogP contribution in [0.4, 0.5) is 11.6 Å². The number of para-hydroxylation sites is 1. The summed E-state index contributed by atoms with van der Waals surface area (Å²) in [5, 5.41) is 13.9. The number of carbonyl (C=O) groups is 1. The van der Waals surface area contributed by atoms with E-state index in [-0.39, 0.29) is 11.8 Å². The van der Waals surface area contributed by atoms with E-state index >= 15 is 0 Å². The first-order valence-corrected chi connectivity index (χ1v) is 6.52. The monoisotopic (exact) mass is 287 g/mol. The van der Waals surface area contributed by atoms with Crippen molar-refractivity contribution in [3.05, 3.63) is 57.8 Å². The van der Waals surface area contributed by atoms with E-state index in [1.807, 2.05) is 13.0 Å². The third-order valence-electron chi connectivity index (χ3n) is 3.42. The van der Waals surface area contributed by atoms with E-state index in [2.05, 4.69) is 5.32 Å². The molecule has 0 bridgehead atoms. The van der Waals surface area contributed by atoms with Crippen molar-refractivity contribution in [2.45, 2.75) is 13.1 Å². The number of furan rings is 1. The van der Waals surface area contributed by atoms with Gasteiger partial charge in [0.25, 0.3) is 5.91 Å². The third-order valence-corrected chi connectivity index (χ3v) is 3.42. The van der Waals surface area contributed by atoms with E-state index in [9.17, 15) is 14.9 Å². The van der Waals surface area contributed by atoms with Gasteiger partial charge in [-0.25, -0.2) is 0 Å². The second-order valence-corrected chi connectivity index (χ2v) is 4.62. The summed E-state index contributed by atoms with van der Waals surface area (Å²) in [7, 11) is 0. The fraction of sp³-hybridized carbons (Fsp3) is 0.214. The minimum absolute atomic E-state index is 0.129. The maximum Gasteiger partial charge on any atom is 0.433 e. The number of rotatable bonds is 3. The molecule has 0 fully saturated rings. The summed E-state index contributed by atoms with van der Waals surface area (Å²) in [6, 6.07) is 9.96. The molecular formula is C14H13N3O4. The molecule has 0 saturated heterocycles. The lowest BCUT2D eigenvalue weighted by atomic mass is 10.1. The highest BCUT2D eigenvalue weighted by Crippen LogP contribution is 2.34. The lowest BCUT2D eigenvalue weighted by Gasteiger charge is -2.35. The van der Waals surface area contributed by atoms with Crippen LogP contribution >= 0.6 is 0 Å². The van der Waals surface area contributed by atoms with Gasteiger partial charge in [-0.2, -0.15) is 0 Å². The van der Waals surface area contributed by atoms with E-state index in [0.29, 0.717) is 23.6 Å². The van der Waals surface area contributed by atoms with Crippen LogP contribution in [0.3, 0.4) is 0 Å². The Hall–Kier alpha value is -2.83. The summed E-state index contributed by atoms with van der Waals surface area (Å²) in [6.45, 7) is 2.30. The molecule has 2 aromatic rings. The quantitative estimate of drug-likeness (QED) is 0.692. The zero-order valence-corrected chi connectivity index (χ0v) is 11.3. The number of nitrogens with zero attached hydrogens (tertiary/aromatic N) is 2. The molecular weight excluding hydrogens is 274 g/mol. The van der Waals surface area contributed by atoms with Crippen LogP contribution < -0.4 is 5.32 Å². The first-order valence-electron chi connectivity index (χ1n) is 6.52. The number of fused-ring (bicyclic) bond motifs is 1. The molecule has 0 radical (unpaired) electrons. The Balaban J connectivity index is 2.01. The average molecular weight is 287 g/mol. The summed E-state index contributed by atoms with van der Waals surface area (Å²) in [4.78, 5) is 24.2. The molecule has 0 saturated carbocycles. The van der Waals surface area contributed by atoms with Gasteiger partial charge < -0.3 is 14.6 Å². The molecule has 0 spiro atoms. The summed E-state index contributed by atoms with van der Waals surface area (Å²) >= 11 is 0. The highest BCUT2D eigenvalue weighted by Gasteiger charge is 2.34. The van der Waals surface area contributed by atoms with E-state index in [1.165, 1.54) is 12.1 Å². The van der Waals surface area contributed by atoms with Crippen molar-refractivity contribution >= 4 is 17.5 Å². The van der Waals surface area contributed by atoms with Crippen LogP contribution in [0.2, 0.25) is 0 Å². The maximum absolute atomic E-state index is 12.5. The van der Waals surface area contributed by atoms with Crippen LogP contribution in [0, 0.1) is 10.1 Å². The van der Waals surface area contributed by atoms with Gasteiger partial charge in [0.2, 0.25) is 0 Å². The molecule has 7 heteroatoms. The van der Waals surface area contributed by atoms with Gasteiger partial charge in [-0.1, -0.05) is 12.1 Å². The molecule has 1 unspecified atom stereocenters. The smallest absolute Gasteiger partial charge is 0.402 e. The Morgan fingerprint density at radius 3 is 2.76 bits per heavy atom. The van der Waals surface area contributed by atoms with Gasteiger partial charge in [-0.15, -0.1) is 0 Å². The molecule has 0 aliphatic carbocycles. The lowest BCUT2D eigenvalue weighted by Crippen LogP contribution is -2.42. The highest BCUT2D eigenvalue weighted by molar-refractivity contribution is 6.01. The summed E-state index contributed by atoms with van der Waals surface area (Å²) < 4.78 is 5.22. The first-order chi connectivity index (χ1) is 10.1. The molecule has 1 aliphatic rings. The second-order valence-electron chi connectivity index (χ2n) is 4.62. The molecule has 7 nitrogen and oxygen atoms in total. The van der Waals surface area contributed by atoms with Crippen molar-refractivity contribution in [2.75, 3.05) is 11.9 Å². The van der Waals surface area contributed by atoms with Crippen LogP contribution in [0.15, 0.2) is 40.8 Å². The van der Waals surface area contributed by atoms with E-state index in [0.717, 1.165) is 0 Å². The van der Waals surface area contributed by atoms with Crippen molar-refractivity contribution in [3.63, 3.8) is 0 Å². The second kappa shape index (κ2) is 4.93. The predicted octanol–water partition coefficient (Wildman–Crippen LogP) is 2.77. The number of hydrogen-bond donors (Lipinski definition) is 1. The largest absolute Gasteiger partial charge is 0.433 e. The van der Waals surface area contributed by atoms with Crippen molar-refractivity contribution in [1.82, 2.24) is 4.90 Å². The van der Waals surface area contributed by atoms with Crippen molar-refractivity contribution < 1.29 is 14.1 Å². The minimum atomic E-state index is -0.599. The number of nitrogens with one attached hydrogen (secondary N) is 1. The molecule has 2 heterocycles. The average Bonchev–Trinajstić information content (AvgIpc) is 2.97. The molecule has 108 valence electrons. The fourth-order valence-electron chi connectivity index (χ4n) is 2.43. The van der Waals surface area contributed by atoms with Gasteiger partial charge in [0.05, 0.1) is 11.6 Å². The van der Waals surface area contributed by atoms with Crippen LogP contribution in [0.25, 0.3) is 0 Å². The first kappa shape index (κ1) is 13.2. The number of hydrogen-bond acceptors (Lipinski definition) is 5. The Labute approximate surface area is 120 Å². The predicted molar refractivity (Wildman–Crippen MR) is 74.9 cm³/mol. The number of nitro groups is 1. The van der Waals surface area contributed by atoms with Crippen LogP contribution in [-0.2, 0) is 0 Å². The standard InChI is InChI=1S/C14H13N3O4/c1-2-16-13(11-7-8-12(21-11)17(19)20)15-10-6-4-3-5-9(10)14(16)18/h3-8,13,15H,2H2,1H3. The van der Waals surface area contributed by atoms with Crippen molar-refractivity contribution in [3.8, 4) is 0 Å². The van der Waals surface area contributed by atoms with E-state index in [1.54, 1.807) is 23.1 Å². The zero-order chi connectivity index (χ0) is 15.0. The summed E-state index contributed by atoms with van der Waals surface area (Å²) in [5.74, 6) is -0.128. The molecule has 1 atom stereocenters. The van der Waals surface area contributed by atoms with Gasteiger partial charge in [-0.05, 0) is 25.1 Å². The Morgan fingerprint density at radius 1 is 1.33 bits per heavy atom. The normalized spacial score (nSPS) is 17.3. The van der Waals surface area contributed by atoms with Gasteiger partial charge >= 0.3 is 5.88 Å². The number of carbonyl (C=O) groups excluding carboxylic acids is 1. The molecule has 1 aromatic heterocycles. The third kappa shape index (κ3) is 2.12. The maximum atomic E-state index is 12.5. The van der Waals surface area contributed by atoms with E-state index < -0.39 is 11.1 Å². The molecule has 1 aliphatic heterocycles. The van der Waals surface area contributed by atoms with Crippen molar-refractivity contribution in [1.29, 1.82) is 0 Å². The number of benzene rings is 1. The van der Waals surface area contributed by atoms with Crippen LogP contribution in [0.1, 0.15) is 29.2 Å². The number of amides is 1. The minimum Gasteiger partial charge on any atom is -0.402 e. The Kier molecular flexibility index (Phi) is 3.09. The van der Waals surface area contributed by atoms with E-state index in [4.69, 9.17) is 4.42 Å². The molecule has 1 amide bonds. The summed E-state index contributed by atoms with van der Waals surface area (Å²) in [6.07, 6.45) is -0.550. The molecule has 3 rings (SSSR count). The lowest BCUT2D eigenvalue weighted by molar-refractivity contribution is -0.402. The summed E-state index contributed by atoms with van der Waals surface area (Å²) in [5.41, 5.74) is 1.27. The molecule has 21 heavy (non-hydrogen) atoms. The van der Waals surface area contributed by atoms with Crippen molar-refractivity contribution in [2.24, 2.45) is 0 Å². The number of anilines is 1. The Bertz CT molecular complexity index is 710. The SMILES string of the molecule is CCN1C(=O)c2ccccc2NC1c1ccc([N+](=O)[O-])o1.